The van der Waals surface area contributed by atoms with Crippen LogP contribution in [0.1, 0.15) is 38.1 Å². The average Bonchev–Trinajstić information content (AvgIpc) is 2.80. The molecular weight excluding hydrogens is 257 g/mol. The van der Waals surface area contributed by atoms with Gasteiger partial charge in [0.15, 0.2) is 5.82 Å². The minimum atomic E-state index is -0.289. The molecule has 2 aromatic rings. The molecule has 1 unspecified atom stereocenters. The van der Waals surface area contributed by atoms with Gasteiger partial charge in [-0.05, 0) is 31.4 Å². The number of hydrogen-bond acceptors (Lipinski definition) is 3. The van der Waals surface area contributed by atoms with Crippen molar-refractivity contribution >= 4 is 11.0 Å². The summed E-state index contributed by atoms with van der Waals surface area (Å²) in [6.45, 7) is 3.56. The predicted octanol–water partition coefficient (Wildman–Crippen LogP) is 3.01. The third-order valence-electron chi connectivity index (χ3n) is 3.40. The van der Waals surface area contributed by atoms with E-state index in [0.29, 0.717) is 12.1 Å². The fourth-order valence-corrected chi connectivity index (χ4v) is 2.45. The lowest BCUT2D eigenvalue weighted by Gasteiger charge is -2.14. The molecule has 5 heteroatoms. The molecular formula is C15H22FN3O. The lowest BCUT2D eigenvalue weighted by Crippen LogP contribution is -2.17. The van der Waals surface area contributed by atoms with E-state index in [1.807, 2.05) is 10.6 Å². The first kappa shape index (κ1) is 14.9. The molecule has 0 radical (unpaired) electrons. The van der Waals surface area contributed by atoms with Crippen LogP contribution in [0.25, 0.3) is 11.0 Å². The van der Waals surface area contributed by atoms with Crippen LogP contribution in [0.15, 0.2) is 18.2 Å². The molecule has 1 atom stereocenters. The van der Waals surface area contributed by atoms with Crippen LogP contribution in [0, 0.1) is 5.82 Å². The van der Waals surface area contributed by atoms with E-state index in [0.717, 1.165) is 37.1 Å². The molecule has 20 heavy (non-hydrogen) atoms. The molecule has 0 aliphatic rings. The maximum atomic E-state index is 13.9. The molecule has 0 aliphatic heterocycles. The monoisotopic (exact) mass is 279 g/mol. The lowest BCUT2D eigenvalue weighted by molar-refractivity contribution is 0.190. The standard InChI is InChI=1S/C15H22FN3O/c1-3-9-19-13-8-4-6-11(16)14(13)18-15(19)12(17)7-5-10-20-2/h4,6,8,12H,3,5,7,9-10,17H2,1-2H3. The normalized spacial score (nSPS) is 13.0. The zero-order valence-electron chi connectivity index (χ0n) is 12.1. The van der Waals surface area contributed by atoms with Gasteiger partial charge in [-0.25, -0.2) is 9.37 Å². The molecule has 0 amide bonds. The summed E-state index contributed by atoms with van der Waals surface area (Å²) in [5.41, 5.74) is 7.46. The number of imidazole rings is 1. The van der Waals surface area contributed by atoms with Crippen molar-refractivity contribution in [3.8, 4) is 0 Å². The fourth-order valence-electron chi connectivity index (χ4n) is 2.45. The molecule has 0 bridgehead atoms. The van der Waals surface area contributed by atoms with E-state index in [-0.39, 0.29) is 11.9 Å². The van der Waals surface area contributed by atoms with E-state index in [2.05, 4.69) is 11.9 Å². The first-order valence-corrected chi connectivity index (χ1v) is 7.08. The van der Waals surface area contributed by atoms with Crippen LogP contribution in [0.3, 0.4) is 0 Å². The average molecular weight is 279 g/mol. The van der Waals surface area contributed by atoms with E-state index >= 15 is 0 Å². The summed E-state index contributed by atoms with van der Waals surface area (Å²) in [5.74, 6) is 0.478. The van der Waals surface area contributed by atoms with E-state index < -0.39 is 0 Å². The van der Waals surface area contributed by atoms with Gasteiger partial charge in [0.1, 0.15) is 11.3 Å². The Bertz CT molecular complexity index is 567. The van der Waals surface area contributed by atoms with Gasteiger partial charge in [-0.15, -0.1) is 0 Å². The number of aryl methyl sites for hydroxylation is 1. The summed E-state index contributed by atoms with van der Waals surface area (Å²) in [7, 11) is 1.67. The number of benzene rings is 1. The van der Waals surface area contributed by atoms with Crippen molar-refractivity contribution in [3.05, 3.63) is 29.8 Å². The molecule has 0 fully saturated rings. The highest BCUT2D eigenvalue weighted by Gasteiger charge is 2.18. The zero-order valence-corrected chi connectivity index (χ0v) is 12.1. The summed E-state index contributed by atoms with van der Waals surface area (Å²) >= 11 is 0. The van der Waals surface area contributed by atoms with Crippen molar-refractivity contribution in [3.63, 3.8) is 0 Å². The third-order valence-corrected chi connectivity index (χ3v) is 3.40. The molecule has 2 N–H and O–H groups in total. The van der Waals surface area contributed by atoms with Crippen molar-refractivity contribution in [2.75, 3.05) is 13.7 Å². The number of hydrogen-bond donors (Lipinski definition) is 1. The van der Waals surface area contributed by atoms with E-state index in [9.17, 15) is 4.39 Å². The molecule has 0 saturated carbocycles. The van der Waals surface area contributed by atoms with Crippen LogP contribution in [0.2, 0.25) is 0 Å². The second-order valence-corrected chi connectivity index (χ2v) is 4.97. The molecule has 1 heterocycles. The van der Waals surface area contributed by atoms with Gasteiger partial charge >= 0.3 is 0 Å². The lowest BCUT2D eigenvalue weighted by atomic mass is 10.1. The van der Waals surface area contributed by atoms with Gasteiger partial charge in [0.2, 0.25) is 0 Å². The highest BCUT2D eigenvalue weighted by atomic mass is 19.1. The minimum absolute atomic E-state index is 0.191. The number of nitrogens with zero attached hydrogens (tertiary/aromatic N) is 2. The van der Waals surface area contributed by atoms with E-state index in [1.54, 1.807) is 13.2 Å². The maximum absolute atomic E-state index is 13.9. The predicted molar refractivity (Wildman–Crippen MR) is 78.0 cm³/mol. The third kappa shape index (κ3) is 2.99. The Morgan fingerprint density at radius 1 is 1.45 bits per heavy atom. The highest BCUT2D eigenvalue weighted by Crippen LogP contribution is 2.24. The van der Waals surface area contributed by atoms with Gasteiger partial charge in [-0.2, -0.15) is 0 Å². The molecule has 0 aliphatic carbocycles. The molecule has 110 valence electrons. The van der Waals surface area contributed by atoms with Gasteiger partial charge in [-0.3, -0.25) is 0 Å². The number of para-hydroxylation sites is 1. The second-order valence-electron chi connectivity index (χ2n) is 4.97. The number of methoxy groups -OCH3 is 1. The summed E-state index contributed by atoms with van der Waals surface area (Å²) in [5, 5.41) is 0. The summed E-state index contributed by atoms with van der Waals surface area (Å²) in [6.07, 6.45) is 2.61. The smallest absolute Gasteiger partial charge is 0.151 e. The molecule has 0 saturated heterocycles. The largest absolute Gasteiger partial charge is 0.385 e. The van der Waals surface area contributed by atoms with Crippen molar-refractivity contribution in [1.82, 2.24) is 9.55 Å². The second kappa shape index (κ2) is 6.81. The first-order valence-electron chi connectivity index (χ1n) is 7.08. The van der Waals surface area contributed by atoms with Gasteiger partial charge in [0.25, 0.3) is 0 Å². The molecule has 4 nitrogen and oxygen atoms in total. The Balaban J connectivity index is 2.35. The van der Waals surface area contributed by atoms with Crippen molar-refractivity contribution in [1.29, 1.82) is 0 Å². The molecule has 1 aromatic heterocycles. The van der Waals surface area contributed by atoms with E-state index in [1.165, 1.54) is 6.07 Å². The Morgan fingerprint density at radius 3 is 2.95 bits per heavy atom. The van der Waals surface area contributed by atoms with Gasteiger partial charge in [-0.1, -0.05) is 13.0 Å². The Hall–Kier alpha value is -1.46. The molecule has 1 aromatic carbocycles. The van der Waals surface area contributed by atoms with Gasteiger partial charge < -0.3 is 15.0 Å². The number of nitrogens with two attached hydrogens (primary N) is 1. The number of fused-ring (bicyclic) bond motifs is 1. The topological polar surface area (TPSA) is 53.1 Å². The van der Waals surface area contributed by atoms with Crippen LogP contribution in [-0.4, -0.2) is 23.3 Å². The molecule has 0 spiro atoms. The Kier molecular flexibility index (Phi) is 5.09. The van der Waals surface area contributed by atoms with Crippen LogP contribution < -0.4 is 5.73 Å². The number of halogens is 1. The Morgan fingerprint density at radius 2 is 2.25 bits per heavy atom. The van der Waals surface area contributed by atoms with Crippen LogP contribution >= 0.6 is 0 Å². The number of rotatable bonds is 7. The molecule has 2 rings (SSSR count). The summed E-state index contributed by atoms with van der Waals surface area (Å²) < 4.78 is 20.9. The quantitative estimate of drug-likeness (QED) is 0.793. The fraction of sp³-hybridized carbons (Fsp3) is 0.533. The van der Waals surface area contributed by atoms with Crippen LogP contribution in [0.4, 0.5) is 4.39 Å². The summed E-state index contributed by atoms with van der Waals surface area (Å²) in [4.78, 5) is 4.43. The minimum Gasteiger partial charge on any atom is -0.385 e. The van der Waals surface area contributed by atoms with Gasteiger partial charge in [0, 0.05) is 20.3 Å². The van der Waals surface area contributed by atoms with Gasteiger partial charge in [0.05, 0.1) is 11.6 Å². The van der Waals surface area contributed by atoms with Crippen LogP contribution in [-0.2, 0) is 11.3 Å². The van der Waals surface area contributed by atoms with Crippen molar-refractivity contribution in [2.45, 2.75) is 38.8 Å². The van der Waals surface area contributed by atoms with Crippen LogP contribution in [0.5, 0.6) is 0 Å². The SMILES string of the molecule is CCCn1c(C(N)CCCOC)nc2c(F)cccc21. The van der Waals surface area contributed by atoms with Crippen molar-refractivity contribution < 1.29 is 9.13 Å². The van der Waals surface area contributed by atoms with E-state index in [4.69, 9.17) is 10.5 Å². The first-order chi connectivity index (χ1) is 9.69. The maximum Gasteiger partial charge on any atom is 0.151 e. The van der Waals surface area contributed by atoms with Crippen molar-refractivity contribution in [2.24, 2.45) is 5.73 Å². The summed E-state index contributed by atoms with van der Waals surface area (Å²) in [6, 6.07) is 4.85. The Labute approximate surface area is 118 Å². The highest BCUT2D eigenvalue weighted by molar-refractivity contribution is 5.76. The number of ether oxygens (including phenoxy) is 1. The zero-order chi connectivity index (χ0) is 14.5. The number of aromatic nitrogens is 2.